The highest BCUT2D eigenvalue weighted by molar-refractivity contribution is 5.76. The van der Waals surface area contributed by atoms with Crippen molar-refractivity contribution in [2.24, 2.45) is 0 Å². The van der Waals surface area contributed by atoms with Gasteiger partial charge in [0.15, 0.2) is 37.7 Å². The lowest BCUT2D eigenvalue weighted by Crippen LogP contribution is -2.68. The lowest BCUT2D eigenvalue weighted by molar-refractivity contribution is -0.398. The first-order valence-electron chi connectivity index (χ1n) is 39.0. The van der Waals surface area contributed by atoms with Crippen molar-refractivity contribution in [3.8, 4) is 0 Å². The normalized spacial score (nSPS) is 38.8. The van der Waals surface area contributed by atoms with Crippen molar-refractivity contribution >= 4 is 5.91 Å². The van der Waals surface area contributed by atoms with Gasteiger partial charge in [-0.05, 0) is 19.3 Å². The average Bonchev–Trinajstić information content (AvgIpc) is 0.777. The maximum Gasteiger partial charge on any atom is 0.220 e. The van der Waals surface area contributed by atoms with Gasteiger partial charge >= 0.3 is 0 Å². The molecule has 12 unspecified atom stereocenters. The van der Waals surface area contributed by atoms with Crippen LogP contribution in [0.3, 0.4) is 0 Å². The molecule has 34 nitrogen and oxygen atoms in total. The molecule has 6 aliphatic rings. The third-order valence-electron chi connectivity index (χ3n) is 20.9. The number of aliphatic hydroxyl groups excluding tert-OH is 20. The van der Waals surface area contributed by atoms with Gasteiger partial charge in [-0.25, -0.2) is 0 Å². The number of amides is 1. The fourth-order valence-corrected chi connectivity index (χ4v) is 14.3. The Bertz CT molecular complexity index is 2340. The van der Waals surface area contributed by atoms with Gasteiger partial charge in [0.2, 0.25) is 5.91 Å². The number of rotatable bonds is 50. The number of ether oxygens (including phenoxy) is 12. The summed E-state index contributed by atoms with van der Waals surface area (Å²) in [6.45, 7) is -1.92. The highest BCUT2D eigenvalue weighted by Gasteiger charge is 2.58. The minimum absolute atomic E-state index is 0.186. The number of hydrogen-bond acceptors (Lipinski definition) is 33. The molecule has 0 aliphatic carbocycles. The molecule has 6 saturated heterocycles. The largest absolute Gasteiger partial charge is 0.394 e. The molecule has 21 N–H and O–H groups in total. The van der Waals surface area contributed by atoms with E-state index in [1.165, 1.54) is 109 Å². The van der Waals surface area contributed by atoms with Crippen molar-refractivity contribution in [1.29, 1.82) is 0 Å². The first kappa shape index (κ1) is 92.8. The Labute approximate surface area is 621 Å². The number of aliphatic hydroxyl groups is 20. The fourth-order valence-electron chi connectivity index (χ4n) is 14.3. The predicted molar refractivity (Wildman–Crippen MR) is 371 cm³/mol. The summed E-state index contributed by atoms with van der Waals surface area (Å²) in [7, 11) is 0. The SMILES string of the molecule is CCCCCCCCCCCCC/C=C/[C@@H](O)[C@H](CO[C@@H]1OC(CO)[C@@H](O[C@@H]2OC(CO)[C@H](O[C@@H]3OC(CO)[C@H](O)[C@H](O[C@H]4OC(CO)[C@H](O)[C@H](O[C@H]5OC(CO)[C@H](O)[C@H](O[C@H]6OC(CO)[C@H](O)[C@H](O)C6O)C5O)C4O)C3O)[C@H](O)C2O)[C@H](O)C1O)NC(=O)CCCCCCCCCCCCCCCCC. The van der Waals surface area contributed by atoms with E-state index in [1.54, 1.807) is 6.08 Å². The van der Waals surface area contributed by atoms with Gasteiger partial charge in [-0.3, -0.25) is 4.79 Å². The molecule has 32 atom stereocenters. The Balaban J connectivity index is 1.04. The third kappa shape index (κ3) is 27.3. The van der Waals surface area contributed by atoms with E-state index in [0.29, 0.717) is 12.8 Å². The van der Waals surface area contributed by atoms with Gasteiger partial charge in [0.05, 0.1) is 58.4 Å². The van der Waals surface area contributed by atoms with Gasteiger partial charge in [0.25, 0.3) is 0 Å². The van der Waals surface area contributed by atoms with Crippen molar-refractivity contribution in [2.45, 2.75) is 390 Å². The molecule has 0 spiro atoms. The first-order valence-corrected chi connectivity index (χ1v) is 39.0. The second-order valence-electron chi connectivity index (χ2n) is 29.2. The van der Waals surface area contributed by atoms with E-state index in [2.05, 4.69) is 19.2 Å². The molecule has 6 heterocycles. The van der Waals surface area contributed by atoms with Gasteiger partial charge in [0, 0.05) is 6.42 Å². The lowest BCUT2D eigenvalue weighted by Gasteiger charge is -2.50. The molecule has 34 heteroatoms. The van der Waals surface area contributed by atoms with E-state index in [0.717, 1.165) is 51.4 Å². The maximum absolute atomic E-state index is 13.5. The molecule has 0 aromatic carbocycles. The van der Waals surface area contributed by atoms with Crippen LogP contribution in [0.4, 0.5) is 0 Å². The summed E-state index contributed by atoms with van der Waals surface area (Å²) in [6.07, 6.45) is -25.3. The summed E-state index contributed by atoms with van der Waals surface area (Å²) in [5.74, 6) is -0.334. The van der Waals surface area contributed by atoms with Crippen LogP contribution in [0.15, 0.2) is 12.2 Å². The minimum Gasteiger partial charge on any atom is -0.394 e. The molecule has 0 bridgehead atoms. The van der Waals surface area contributed by atoms with Crippen molar-refractivity contribution in [3.63, 3.8) is 0 Å². The molecule has 1 amide bonds. The van der Waals surface area contributed by atoms with Gasteiger partial charge in [0.1, 0.15) is 146 Å². The number of nitrogens with one attached hydrogen (secondary N) is 1. The molecular weight excluding hydrogens is 1410 g/mol. The summed E-state index contributed by atoms with van der Waals surface area (Å²) in [6, 6.07) is -1.05. The highest BCUT2D eigenvalue weighted by atomic mass is 16.8. The summed E-state index contributed by atoms with van der Waals surface area (Å²) in [5, 5.41) is 223. The second kappa shape index (κ2) is 49.5. The van der Waals surface area contributed by atoms with Crippen LogP contribution in [0, 0.1) is 0 Å². The van der Waals surface area contributed by atoms with Crippen LogP contribution in [0.2, 0.25) is 0 Å². The topological polar surface area (TPSA) is 544 Å². The zero-order valence-electron chi connectivity index (χ0n) is 61.6. The van der Waals surface area contributed by atoms with E-state index in [1.807, 2.05) is 6.08 Å². The zero-order chi connectivity index (χ0) is 77.4. The summed E-state index contributed by atoms with van der Waals surface area (Å²) in [5.41, 5.74) is 0. The molecule has 0 aromatic heterocycles. The van der Waals surface area contributed by atoms with Crippen LogP contribution >= 0.6 is 0 Å². The molecule has 6 fully saturated rings. The van der Waals surface area contributed by atoms with Crippen LogP contribution in [0.1, 0.15) is 194 Å². The fraction of sp³-hybridized carbons (Fsp3) is 0.958. The second-order valence-corrected chi connectivity index (χ2v) is 29.2. The molecular formula is C72H131NO33. The summed E-state index contributed by atoms with van der Waals surface area (Å²) >= 11 is 0. The molecule has 0 radical (unpaired) electrons. The van der Waals surface area contributed by atoms with E-state index in [-0.39, 0.29) is 12.3 Å². The van der Waals surface area contributed by atoms with E-state index >= 15 is 0 Å². The maximum atomic E-state index is 13.5. The summed E-state index contributed by atoms with van der Waals surface area (Å²) in [4.78, 5) is 13.5. The van der Waals surface area contributed by atoms with Crippen molar-refractivity contribution in [2.75, 3.05) is 46.2 Å². The smallest absolute Gasteiger partial charge is 0.220 e. The molecule has 106 heavy (non-hydrogen) atoms. The first-order chi connectivity index (χ1) is 51.0. The minimum atomic E-state index is -2.27. The van der Waals surface area contributed by atoms with Crippen LogP contribution in [-0.2, 0) is 61.6 Å². The monoisotopic (exact) mass is 1540 g/mol. The predicted octanol–water partition coefficient (Wildman–Crippen LogP) is -2.71. The van der Waals surface area contributed by atoms with Crippen molar-refractivity contribution < 1.29 is 164 Å². The van der Waals surface area contributed by atoms with Crippen molar-refractivity contribution in [3.05, 3.63) is 12.2 Å². The Morgan fingerprint density at radius 3 is 0.972 bits per heavy atom. The quantitative estimate of drug-likeness (QED) is 0.0217. The van der Waals surface area contributed by atoms with Gasteiger partial charge < -0.3 is 164 Å². The van der Waals surface area contributed by atoms with Gasteiger partial charge in [-0.1, -0.05) is 180 Å². The van der Waals surface area contributed by atoms with Gasteiger partial charge in [-0.15, -0.1) is 0 Å². The Hall–Kier alpha value is -2.07. The third-order valence-corrected chi connectivity index (χ3v) is 20.9. The number of hydrogen-bond donors (Lipinski definition) is 21. The average molecular weight is 1540 g/mol. The van der Waals surface area contributed by atoms with Crippen LogP contribution in [0.5, 0.6) is 0 Å². The number of carbonyl (C=O) groups is 1. The van der Waals surface area contributed by atoms with Crippen molar-refractivity contribution in [1.82, 2.24) is 5.32 Å². The number of unbranched alkanes of at least 4 members (excludes halogenated alkanes) is 25. The number of allylic oxidation sites excluding steroid dienone is 1. The molecule has 0 saturated carbocycles. The van der Waals surface area contributed by atoms with Crippen LogP contribution in [0.25, 0.3) is 0 Å². The molecule has 0 aromatic rings. The van der Waals surface area contributed by atoms with Crippen LogP contribution in [-0.4, -0.2) is 351 Å². The molecule has 622 valence electrons. The lowest BCUT2D eigenvalue weighted by atomic mass is 9.95. The van der Waals surface area contributed by atoms with E-state index in [4.69, 9.17) is 56.8 Å². The van der Waals surface area contributed by atoms with E-state index in [9.17, 15) is 107 Å². The molecule has 6 rings (SSSR count). The van der Waals surface area contributed by atoms with E-state index < -0.39 is 243 Å². The summed E-state index contributed by atoms with van der Waals surface area (Å²) < 4.78 is 69.0. The Kier molecular flexibility index (Phi) is 43.4. The standard InChI is InChI=1S/C72H131NO33/c1-3-5-7-9-11-13-15-17-18-20-22-24-26-28-30-32-48(81)73-40(41(80)31-29-27-25-23-21-19-16-14-12-10-8-6-4-2)39-95-67-57(90)54(87)62(46(37-78)100-67)102-69-58(91)55(88)63(47(38-79)101-69)103-70-59(92)65(51(84)43(34-75)97-70)105-72-61(94)66(52(85)45(36-77)99-72)106-71-60(93)64(50(83)44(35-76)98-71)104-68-56(89)53(86)49(82)42(33-74)96-68/h29,31,40-47,49-72,74-80,82-94H,3-28,30,32-39H2,1-2H3,(H,73,81)/b31-29+/t40-,41+,42?,43?,44?,45?,46?,47?,49-,50-,51-,52-,53-,54+,55+,56?,57?,58?,59?,60?,61?,62+,63-,64-,65-,66-,67+,68+,69-,70-,71+,72+/m0/s1. The molecule has 6 aliphatic heterocycles. The van der Waals surface area contributed by atoms with Gasteiger partial charge in [-0.2, -0.15) is 0 Å². The Morgan fingerprint density at radius 2 is 0.613 bits per heavy atom. The zero-order valence-corrected chi connectivity index (χ0v) is 61.6. The van der Waals surface area contributed by atoms with Crippen LogP contribution < -0.4 is 5.32 Å². The Morgan fingerprint density at radius 1 is 0.330 bits per heavy atom. The highest BCUT2D eigenvalue weighted by Crippen LogP contribution is 2.38. The number of carbonyl (C=O) groups excluding carboxylic acids is 1.